The average Bonchev–Trinajstić information content (AvgIpc) is 3.71. The Balaban J connectivity index is 1.22. The van der Waals surface area contributed by atoms with Crippen molar-refractivity contribution in [1.29, 1.82) is 0 Å². The summed E-state index contributed by atoms with van der Waals surface area (Å²) in [4.78, 5) is 55.0. The topological polar surface area (TPSA) is 109 Å². The number of hydrogen-bond acceptors (Lipinski definition) is 6. The first-order valence-electron chi connectivity index (χ1n) is 24.2. The van der Waals surface area contributed by atoms with Crippen LogP contribution in [0.15, 0.2) is 82.6 Å². The fourth-order valence-corrected chi connectivity index (χ4v) is 9.94. The molecule has 2 aliphatic heterocycles. The second-order valence-corrected chi connectivity index (χ2v) is 19.4. The van der Waals surface area contributed by atoms with E-state index in [0.717, 1.165) is 48.3 Å². The summed E-state index contributed by atoms with van der Waals surface area (Å²) in [5.41, 5.74) is 0.402. The zero-order valence-corrected chi connectivity index (χ0v) is 38.5. The summed E-state index contributed by atoms with van der Waals surface area (Å²) < 4.78 is 27.9. The highest BCUT2D eigenvalue weighted by Crippen LogP contribution is 2.34. The van der Waals surface area contributed by atoms with Gasteiger partial charge in [-0.2, -0.15) is 0 Å². The molecule has 2 aromatic rings. The molecule has 0 aromatic heterocycles. The zero-order valence-electron chi connectivity index (χ0n) is 37.6. The van der Waals surface area contributed by atoms with Crippen molar-refractivity contribution in [2.45, 2.75) is 203 Å². The molecule has 2 aliphatic rings. The summed E-state index contributed by atoms with van der Waals surface area (Å²) in [5, 5.41) is 0. The second kappa shape index (κ2) is 28.0. The third-order valence-corrected chi connectivity index (χ3v) is 14.1. The van der Waals surface area contributed by atoms with E-state index < -0.39 is 21.7 Å². The molecule has 4 amide bonds. The van der Waals surface area contributed by atoms with Gasteiger partial charge in [-0.05, 0) is 62.1 Å². The normalized spacial score (nSPS) is 17.3. The Bertz CT molecular complexity index is 1710. The van der Waals surface area contributed by atoms with E-state index in [-0.39, 0.29) is 57.6 Å². The molecule has 4 rings (SSSR count). The summed E-state index contributed by atoms with van der Waals surface area (Å²) >= 11 is 0. The molecule has 8 nitrogen and oxygen atoms in total. The lowest BCUT2D eigenvalue weighted by Gasteiger charge is -2.17. The lowest BCUT2D eigenvalue weighted by molar-refractivity contribution is -0.123. The van der Waals surface area contributed by atoms with Gasteiger partial charge in [0.2, 0.25) is 33.5 Å². The van der Waals surface area contributed by atoms with Crippen LogP contribution in [0, 0.1) is 11.8 Å². The SMILES string of the molecule is CCCCCCCCCCCCCC/C=C/C1CC(=O)N(c2cccc(S(=O)(=O)c3cccc(N4C(=O)CC(/C=C/CCCCCCCCCCCCCC)C4=O)c3)c2)C1=O. The van der Waals surface area contributed by atoms with E-state index in [9.17, 15) is 27.6 Å². The number of hydrogen-bond donors (Lipinski definition) is 0. The van der Waals surface area contributed by atoms with Crippen molar-refractivity contribution in [2.24, 2.45) is 11.8 Å². The number of amides is 4. The van der Waals surface area contributed by atoms with E-state index in [1.54, 1.807) is 12.1 Å². The van der Waals surface area contributed by atoms with Gasteiger partial charge in [-0.25, -0.2) is 18.2 Å². The first kappa shape index (κ1) is 49.8. The van der Waals surface area contributed by atoms with Gasteiger partial charge in [0.05, 0.1) is 33.0 Å². The van der Waals surface area contributed by atoms with Crippen molar-refractivity contribution in [2.75, 3.05) is 9.80 Å². The van der Waals surface area contributed by atoms with Gasteiger partial charge < -0.3 is 0 Å². The number of unbranched alkanes of at least 4 members (excludes halogenated alkanes) is 24. The minimum absolute atomic E-state index is 0.0419. The van der Waals surface area contributed by atoms with Crippen LogP contribution in [-0.4, -0.2) is 32.0 Å². The number of sulfone groups is 1. The molecule has 0 saturated carbocycles. The van der Waals surface area contributed by atoms with Crippen LogP contribution >= 0.6 is 0 Å². The van der Waals surface area contributed by atoms with Crippen molar-refractivity contribution in [3.63, 3.8) is 0 Å². The van der Waals surface area contributed by atoms with Gasteiger partial charge in [-0.1, -0.05) is 192 Å². The van der Waals surface area contributed by atoms with Gasteiger partial charge in [-0.3, -0.25) is 19.2 Å². The van der Waals surface area contributed by atoms with Gasteiger partial charge in [0.1, 0.15) is 0 Å². The van der Waals surface area contributed by atoms with E-state index in [0.29, 0.717) is 0 Å². The van der Waals surface area contributed by atoms with Crippen LogP contribution in [-0.2, 0) is 29.0 Å². The maximum absolute atomic E-state index is 13.9. The zero-order chi connectivity index (χ0) is 43.7. The number of rotatable bonds is 32. The number of imide groups is 2. The molecular weight excluding hydrogens is 781 g/mol. The first-order valence-corrected chi connectivity index (χ1v) is 25.7. The van der Waals surface area contributed by atoms with Gasteiger partial charge >= 0.3 is 0 Å². The molecule has 2 aromatic carbocycles. The molecule has 0 aliphatic carbocycles. The predicted molar refractivity (Wildman–Crippen MR) is 249 cm³/mol. The van der Waals surface area contributed by atoms with Crippen LogP contribution in [0.3, 0.4) is 0 Å². The van der Waals surface area contributed by atoms with Crippen molar-refractivity contribution in [3.05, 3.63) is 72.8 Å². The third kappa shape index (κ3) is 16.4. The van der Waals surface area contributed by atoms with E-state index in [1.807, 2.05) is 24.3 Å². The number of anilines is 2. The van der Waals surface area contributed by atoms with E-state index in [2.05, 4.69) is 13.8 Å². The van der Waals surface area contributed by atoms with E-state index in [4.69, 9.17) is 0 Å². The van der Waals surface area contributed by atoms with Crippen molar-refractivity contribution in [1.82, 2.24) is 0 Å². The van der Waals surface area contributed by atoms with Crippen LogP contribution in [0.4, 0.5) is 11.4 Å². The van der Waals surface area contributed by atoms with Crippen LogP contribution in [0.1, 0.15) is 194 Å². The molecule has 2 atom stereocenters. The fraction of sp³-hybridized carbons (Fsp3) is 0.615. The number of benzene rings is 2. The minimum atomic E-state index is -4.14. The molecule has 2 fully saturated rings. The molecule has 61 heavy (non-hydrogen) atoms. The maximum Gasteiger partial charge on any atom is 0.241 e. The number of nitrogens with zero attached hydrogens (tertiary/aromatic N) is 2. The quantitative estimate of drug-likeness (QED) is 0.0412. The van der Waals surface area contributed by atoms with Crippen molar-refractivity contribution >= 4 is 44.8 Å². The van der Waals surface area contributed by atoms with Crippen LogP contribution in [0.2, 0.25) is 0 Å². The van der Waals surface area contributed by atoms with E-state index in [1.165, 1.54) is 165 Å². The smallest absolute Gasteiger partial charge is 0.241 e. The Labute approximate surface area is 368 Å². The second-order valence-electron chi connectivity index (χ2n) is 17.5. The summed E-state index contributed by atoms with van der Waals surface area (Å²) in [5.74, 6) is -2.63. The van der Waals surface area contributed by atoms with Crippen molar-refractivity contribution < 1.29 is 27.6 Å². The summed E-state index contributed by atoms with van der Waals surface area (Å²) in [6.45, 7) is 4.50. The number of carbonyl (C=O) groups is 4. The predicted octanol–water partition coefficient (Wildman–Crippen LogP) is 13.6. The molecule has 0 N–H and O–H groups in total. The summed E-state index contributed by atoms with van der Waals surface area (Å²) in [6, 6.07) is 11.7. The Morgan fingerprint density at radius 1 is 0.475 bits per heavy atom. The molecule has 0 radical (unpaired) electrons. The Hall–Kier alpha value is -3.85. The highest BCUT2D eigenvalue weighted by atomic mass is 32.2. The Morgan fingerprint density at radius 3 is 1.11 bits per heavy atom. The molecule has 2 unspecified atom stereocenters. The molecule has 2 saturated heterocycles. The fourth-order valence-electron chi connectivity index (χ4n) is 8.60. The third-order valence-electron chi connectivity index (χ3n) is 12.3. The monoisotopic (exact) mass is 857 g/mol. The molecule has 0 spiro atoms. The highest BCUT2D eigenvalue weighted by Gasteiger charge is 2.40. The molecule has 336 valence electrons. The molecule has 0 bridgehead atoms. The summed E-state index contributed by atoms with van der Waals surface area (Å²) in [6.07, 6.45) is 40.2. The van der Waals surface area contributed by atoms with Gasteiger partial charge in [0, 0.05) is 12.8 Å². The molecule has 2 heterocycles. The van der Waals surface area contributed by atoms with Crippen molar-refractivity contribution in [3.8, 4) is 0 Å². The standard InChI is InChI=1S/C52H76N2O6S/c1-3-5-7-9-11-13-15-17-19-21-23-25-27-29-33-43-39-49(55)53(51(43)57)45-35-31-37-47(41-45)61(59,60)48-38-32-36-46(42-48)54-50(56)40-44(52(54)58)34-30-28-26-24-22-20-18-16-14-12-10-8-6-4-2/h29-38,41-44H,3-28,39-40H2,1-2H3/b33-29+,34-30+. The minimum Gasteiger partial charge on any atom is -0.274 e. The van der Waals surface area contributed by atoms with E-state index >= 15 is 0 Å². The van der Waals surface area contributed by atoms with Gasteiger partial charge in [0.15, 0.2) is 0 Å². The van der Waals surface area contributed by atoms with Gasteiger partial charge in [0.25, 0.3) is 0 Å². The molecule has 9 heteroatoms. The highest BCUT2D eigenvalue weighted by molar-refractivity contribution is 7.91. The maximum atomic E-state index is 13.9. The lowest BCUT2D eigenvalue weighted by atomic mass is 10.0. The average molecular weight is 857 g/mol. The first-order chi connectivity index (χ1) is 29.7. The number of carbonyl (C=O) groups excluding carboxylic acids is 4. The van der Waals surface area contributed by atoms with Crippen LogP contribution in [0.25, 0.3) is 0 Å². The van der Waals surface area contributed by atoms with Crippen LogP contribution in [0.5, 0.6) is 0 Å². The Morgan fingerprint density at radius 2 is 0.787 bits per heavy atom. The summed E-state index contributed by atoms with van der Waals surface area (Å²) in [7, 11) is -4.14. The lowest BCUT2D eigenvalue weighted by Crippen LogP contribution is -2.30. The van der Waals surface area contributed by atoms with Gasteiger partial charge in [-0.15, -0.1) is 0 Å². The largest absolute Gasteiger partial charge is 0.274 e. The molecular formula is C52H76N2O6S. The Kier molecular flexibility index (Phi) is 22.8. The number of allylic oxidation sites excluding steroid dienone is 2. The van der Waals surface area contributed by atoms with Crippen LogP contribution < -0.4 is 9.80 Å².